The summed E-state index contributed by atoms with van der Waals surface area (Å²) in [5.41, 5.74) is 6.08. The van der Waals surface area contributed by atoms with Gasteiger partial charge in [0.05, 0.1) is 11.0 Å². The summed E-state index contributed by atoms with van der Waals surface area (Å²) in [6.07, 6.45) is 0. The molecule has 6 nitrogen and oxygen atoms in total. The van der Waals surface area contributed by atoms with Crippen LogP contribution in [0.25, 0.3) is 16.7 Å². The number of para-hydroxylation sites is 2. The van der Waals surface area contributed by atoms with E-state index in [0.717, 1.165) is 41.3 Å². The summed E-state index contributed by atoms with van der Waals surface area (Å²) in [5.74, 6) is 1.56. The van der Waals surface area contributed by atoms with Crippen molar-refractivity contribution < 1.29 is 0 Å². The van der Waals surface area contributed by atoms with Gasteiger partial charge in [0.15, 0.2) is 5.82 Å². The van der Waals surface area contributed by atoms with Gasteiger partial charge < -0.3 is 10.2 Å². The highest BCUT2D eigenvalue weighted by Gasteiger charge is 2.14. The summed E-state index contributed by atoms with van der Waals surface area (Å²) < 4.78 is 2.05. The maximum Gasteiger partial charge on any atom is 0.204 e. The zero-order valence-corrected chi connectivity index (χ0v) is 16.2. The van der Waals surface area contributed by atoms with E-state index >= 15 is 0 Å². The van der Waals surface area contributed by atoms with Crippen LogP contribution in [0, 0.1) is 13.8 Å². The van der Waals surface area contributed by atoms with Crippen molar-refractivity contribution in [3.63, 3.8) is 0 Å². The van der Waals surface area contributed by atoms with Gasteiger partial charge in [-0.05, 0) is 63.6 Å². The topological polar surface area (TPSA) is 58.4 Å². The Morgan fingerprint density at radius 1 is 1.00 bits per heavy atom. The SMILES string of the molecule is CCN(CC)c1ccc(Nc2nc3ccccc3n3c(C)nnc23)c(C)c1. The van der Waals surface area contributed by atoms with Gasteiger partial charge in [0.2, 0.25) is 5.65 Å². The van der Waals surface area contributed by atoms with Crippen LogP contribution >= 0.6 is 0 Å². The molecule has 0 amide bonds. The van der Waals surface area contributed by atoms with Crippen molar-refractivity contribution in [2.45, 2.75) is 27.7 Å². The van der Waals surface area contributed by atoms with Gasteiger partial charge >= 0.3 is 0 Å². The van der Waals surface area contributed by atoms with E-state index in [4.69, 9.17) is 4.98 Å². The Labute approximate surface area is 158 Å². The van der Waals surface area contributed by atoms with Crippen molar-refractivity contribution in [1.29, 1.82) is 0 Å². The van der Waals surface area contributed by atoms with Gasteiger partial charge in [0.25, 0.3) is 0 Å². The van der Waals surface area contributed by atoms with Crippen LogP contribution in [-0.2, 0) is 0 Å². The van der Waals surface area contributed by atoms with E-state index in [0.29, 0.717) is 5.82 Å². The summed E-state index contributed by atoms with van der Waals surface area (Å²) in [5, 5.41) is 12.1. The number of nitrogens with zero attached hydrogens (tertiary/aromatic N) is 5. The first-order valence-corrected chi connectivity index (χ1v) is 9.35. The third-order valence-corrected chi connectivity index (χ3v) is 4.98. The standard InChI is InChI=1S/C21H24N6/c1-5-26(6-2)16-11-12-17(14(3)13-16)22-20-21-25-24-15(4)27(21)19-10-8-7-9-18(19)23-20/h7-13H,5-6H2,1-4H3,(H,22,23). The lowest BCUT2D eigenvalue weighted by Crippen LogP contribution is -2.21. The van der Waals surface area contributed by atoms with E-state index in [1.165, 1.54) is 11.3 Å². The molecule has 6 heteroatoms. The number of benzene rings is 2. The number of hydrogen-bond acceptors (Lipinski definition) is 5. The predicted molar refractivity (Wildman–Crippen MR) is 111 cm³/mol. The molecule has 0 bridgehead atoms. The van der Waals surface area contributed by atoms with E-state index < -0.39 is 0 Å². The quantitative estimate of drug-likeness (QED) is 0.568. The first-order valence-electron chi connectivity index (χ1n) is 9.35. The minimum Gasteiger partial charge on any atom is -0.372 e. The van der Waals surface area contributed by atoms with Gasteiger partial charge in [0.1, 0.15) is 5.82 Å². The number of fused-ring (bicyclic) bond motifs is 3. The van der Waals surface area contributed by atoms with E-state index in [9.17, 15) is 0 Å². The van der Waals surface area contributed by atoms with E-state index in [-0.39, 0.29) is 0 Å². The second kappa shape index (κ2) is 6.87. The summed E-state index contributed by atoms with van der Waals surface area (Å²) in [7, 11) is 0. The molecule has 27 heavy (non-hydrogen) atoms. The van der Waals surface area contributed by atoms with Gasteiger partial charge in [-0.15, -0.1) is 10.2 Å². The molecule has 4 aromatic rings. The molecule has 0 saturated heterocycles. The highest BCUT2D eigenvalue weighted by atomic mass is 15.3. The average molecular weight is 360 g/mol. The highest BCUT2D eigenvalue weighted by molar-refractivity contribution is 5.84. The van der Waals surface area contributed by atoms with Gasteiger partial charge in [-0.25, -0.2) is 4.98 Å². The van der Waals surface area contributed by atoms with Crippen LogP contribution in [0.5, 0.6) is 0 Å². The molecule has 2 aromatic heterocycles. The number of nitrogens with one attached hydrogen (secondary N) is 1. The first-order chi connectivity index (χ1) is 13.1. The van der Waals surface area contributed by atoms with Crippen molar-refractivity contribution in [2.24, 2.45) is 0 Å². The zero-order chi connectivity index (χ0) is 19.0. The molecular formula is C21H24N6. The molecule has 0 aliphatic heterocycles. The molecule has 0 aliphatic rings. The normalized spacial score (nSPS) is 11.3. The fourth-order valence-electron chi connectivity index (χ4n) is 3.51. The van der Waals surface area contributed by atoms with Crippen LogP contribution in [-0.4, -0.2) is 32.7 Å². The predicted octanol–water partition coefficient (Wildman–Crippen LogP) is 4.48. The van der Waals surface area contributed by atoms with Crippen molar-refractivity contribution >= 4 is 33.9 Å². The van der Waals surface area contributed by atoms with Gasteiger partial charge in [-0.2, -0.15) is 0 Å². The number of aryl methyl sites for hydroxylation is 2. The number of anilines is 3. The maximum atomic E-state index is 4.80. The Morgan fingerprint density at radius 2 is 1.78 bits per heavy atom. The fraction of sp³-hybridized carbons (Fsp3) is 0.286. The second-order valence-electron chi connectivity index (χ2n) is 6.65. The monoisotopic (exact) mass is 360 g/mol. The average Bonchev–Trinajstić information content (AvgIpc) is 3.07. The molecule has 0 radical (unpaired) electrons. The molecule has 0 unspecified atom stereocenters. The molecular weight excluding hydrogens is 336 g/mol. The molecule has 138 valence electrons. The van der Waals surface area contributed by atoms with E-state index in [2.05, 4.69) is 59.4 Å². The van der Waals surface area contributed by atoms with Crippen molar-refractivity contribution in [2.75, 3.05) is 23.3 Å². The van der Waals surface area contributed by atoms with Crippen LogP contribution in [0.3, 0.4) is 0 Å². The summed E-state index contributed by atoms with van der Waals surface area (Å²) in [6, 6.07) is 14.5. The van der Waals surface area contributed by atoms with E-state index in [1.54, 1.807) is 0 Å². The lowest BCUT2D eigenvalue weighted by molar-refractivity contribution is 0.866. The van der Waals surface area contributed by atoms with E-state index in [1.807, 2.05) is 35.6 Å². The van der Waals surface area contributed by atoms with Crippen LogP contribution < -0.4 is 10.2 Å². The number of rotatable bonds is 5. The third kappa shape index (κ3) is 2.97. The highest BCUT2D eigenvalue weighted by Crippen LogP contribution is 2.28. The number of hydrogen-bond donors (Lipinski definition) is 1. The molecule has 0 fully saturated rings. The summed E-state index contributed by atoms with van der Waals surface area (Å²) >= 11 is 0. The Kier molecular flexibility index (Phi) is 4.39. The van der Waals surface area contributed by atoms with Crippen LogP contribution in [0.15, 0.2) is 42.5 Å². The molecule has 2 heterocycles. The summed E-state index contributed by atoms with van der Waals surface area (Å²) in [6.45, 7) is 10.4. The van der Waals surface area contributed by atoms with Crippen molar-refractivity contribution in [3.8, 4) is 0 Å². The van der Waals surface area contributed by atoms with Crippen LogP contribution in [0.4, 0.5) is 17.2 Å². The molecule has 1 N–H and O–H groups in total. The molecule has 0 atom stereocenters. The molecule has 0 saturated carbocycles. The minimum atomic E-state index is 0.716. The molecule has 2 aromatic carbocycles. The van der Waals surface area contributed by atoms with Crippen LogP contribution in [0.1, 0.15) is 25.2 Å². The Bertz CT molecular complexity index is 1110. The third-order valence-electron chi connectivity index (χ3n) is 4.98. The molecule has 0 spiro atoms. The maximum absolute atomic E-state index is 4.80. The molecule has 4 rings (SSSR count). The lowest BCUT2D eigenvalue weighted by Gasteiger charge is -2.22. The van der Waals surface area contributed by atoms with Gasteiger partial charge in [-0.3, -0.25) is 4.40 Å². The van der Waals surface area contributed by atoms with Crippen LogP contribution in [0.2, 0.25) is 0 Å². The van der Waals surface area contributed by atoms with Gasteiger partial charge in [0, 0.05) is 24.5 Å². The Balaban J connectivity index is 1.79. The summed E-state index contributed by atoms with van der Waals surface area (Å²) in [4.78, 5) is 7.14. The zero-order valence-electron chi connectivity index (χ0n) is 16.2. The van der Waals surface area contributed by atoms with Crippen molar-refractivity contribution in [3.05, 3.63) is 53.9 Å². The fourth-order valence-corrected chi connectivity index (χ4v) is 3.51. The Morgan fingerprint density at radius 3 is 2.52 bits per heavy atom. The first kappa shape index (κ1) is 17.3. The second-order valence-corrected chi connectivity index (χ2v) is 6.65. The Hall–Kier alpha value is -3.15. The number of aromatic nitrogens is 4. The smallest absolute Gasteiger partial charge is 0.204 e. The minimum absolute atomic E-state index is 0.716. The molecule has 0 aliphatic carbocycles. The largest absolute Gasteiger partial charge is 0.372 e. The lowest BCUT2D eigenvalue weighted by atomic mass is 10.1. The van der Waals surface area contributed by atoms with Crippen molar-refractivity contribution in [1.82, 2.24) is 19.6 Å². The van der Waals surface area contributed by atoms with Gasteiger partial charge in [-0.1, -0.05) is 12.1 Å².